The second-order valence-corrected chi connectivity index (χ2v) is 9.74. The highest BCUT2D eigenvalue weighted by molar-refractivity contribution is 7.89. The molecule has 9 nitrogen and oxygen atoms in total. The lowest BCUT2D eigenvalue weighted by atomic mass is 9.38. The molecule has 1 aliphatic carbocycles. The van der Waals surface area contributed by atoms with E-state index in [2.05, 4.69) is 9.82 Å². The summed E-state index contributed by atoms with van der Waals surface area (Å²) in [6, 6.07) is 3.97. The zero-order valence-corrected chi connectivity index (χ0v) is 17.9. The maximum Gasteiger partial charge on any atom is 0.331 e. The van der Waals surface area contributed by atoms with Gasteiger partial charge >= 0.3 is 5.69 Å². The van der Waals surface area contributed by atoms with Gasteiger partial charge in [0.1, 0.15) is 0 Å². The molecule has 1 fully saturated rings. The Morgan fingerprint density at radius 3 is 2.42 bits per heavy atom. The quantitative estimate of drug-likeness (QED) is 0.496. The van der Waals surface area contributed by atoms with E-state index in [-0.39, 0.29) is 16.8 Å². The molecule has 0 unspecified atom stereocenters. The van der Waals surface area contributed by atoms with Crippen LogP contribution in [0, 0.1) is 0 Å². The minimum atomic E-state index is -4.08. The van der Waals surface area contributed by atoms with Crippen LogP contribution in [0.3, 0.4) is 0 Å². The number of aromatic nitrogens is 4. The van der Waals surface area contributed by atoms with Gasteiger partial charge in [0, 0.05) is 31.4 Å². The highest BCUT2D eigenvalue weighted by atomic mass is 32.2. The summed E-state index contributed by atoms with van der Waals surface area (Å²) in [6.45, 7) is 0.00364. The molecule has 3 aromatic rings. The van der Waals surface area contributed by atoms with E-state index < -0.39 is 31.9 Å². The average Bonchev–Trinajstić information content (AvgIpc) is 3.36. The molecule has 1 N–H and O–H groups in total. The van der Waals surface area contributed by atoms with Gasteiger partial charge in [0.15, 0.2) is 0 Å². The van der Waals surface area contributed by atoms with Gasteiger partial charge in [-0.2, -0.15) is 5.10 Å². The van der Waals surface area contributed by atoms with E-state index in [4.69, 9.17) is 23.5 Å². The Hall–Kier alpha value is -2.53. The molecular formula is C18H18B3N5O4S. The second kappa shape index (κ2) is 6.99. The molecule has 0 saturated heterocycles. The smallest absolute Gasteiger partial charge is 0.296 e. The monoisotopic (exact) mass is 433 g/mol. The molecule has 0 bridgehead atoms. The number of nitrogens with zero attached hydrogens (tertiary/aromatic N) is 4. The zero-order valence-electron chi connectivity index (χ0n) is 17.1. The first kappa shape index (κ1) is 21.7. The summed E-state index contributed by atoms with van der Waals surface area (Å²) in [7, 11) is 16.4. The minimum Gasteiger partial charge on any atom is -0.296 e. The fourth-order valence-corrected chi connectivity index (χ4v) is 5.14. The van der Waals surface area contributed by atoms with Gasteiger partial charge in [0.05, 0.1) is 52.1 Å². The molecule has 13 heteroatoms. The maximum absolute atomic E-state index is 13.1. The molecule has 154 valence electrons. The van der Waals surface area contributed by atoms with Crippen molar-refractivity contribution in [3.63, 3.8) is 0 Å². The number of benzene rings is 1. The molecule has 1 aliphatic rings. The van der Waals surface area contributed by atoms with Crippen molar-refractivity contribution in [2.24, 2.45) is 14.1 Å². The van der Waals surface area contributed by atoms with Crippen molar-refractivity contribution in [2.45, 2.75) is 34.9 Å². The third-order valence-corrected chi connectivity index (χ3v) is 7.17. The Kier molecular flexibility index (Phi) is 4.89. The van der Waals surface area contributed by atoms with Crippen LogP contribution in [-0.2, 0) is 30.7 Å². The summed E-state index contributed by atoms with van der Waals surface area (Å²) < 4.78 is 32.3. The van der Waals surface area contributed by atoms with Crippen molar-refractivity contribution < 1.29 is 8.42 Å². The van der Waals surface area contributed by atoms with Crippen LogP contribution in [0.25, 0.3) is 10.9 Å². The SMILES string of the molecule is [B]C([B])([B])C1(NS(=O)(=O)c2ccc3c(c2)c(=O)n(Cc2cnn(C)c2)c(=O)n3C)CC1. The molecule has 2 heterocycles. The van der Waals surface area contributed by atoms with E-state index in [1.54, 1.807) is 24.1 Å². The number of rotatable bonds is 6. The summed E-state index contributed by atoms with van der Waals surface area (Å²) in [5, 5.41) is 2.39. The molecule has 2 aromatic heterocycles. The fraction of sp³-hybridized carbons (Fsp3) is 0.389. The van der Waals surface area contributed by atoms with Crippen molar-refractivity contribution in [3.05, 3.63) is 57.0 Å². The van der Waals surface area contributed by atoms with E-state index in [0.717, 1.165) is 4.57 Å². The third kappa shape index (κ3) is 3.69. The number of hydrogen-bond donors (Lipinski definition) is 1. The van der Waals surface area contributed by atoms with E-state index in [0.29, 0.717) is 23.9 Å². The largest absolute Gasteiger partial charge is 0.331 e. The molecule has 0 spiro atoms. The van der Waals surface area contributed by atoms with Gasteiger partial charge in [-0.1, -0.05) is 0 Å². The van der Waals surface area contributed by atoms with Gasteiger partial charge in [-0.25, -0.2) is 17.9 Å². The van der Waals surface area contributed by atoms with E-state index in [1.807, 2.05) is 0 Å². The van der Waals surface area contributed by atoms with Gasteiger partial charge in [-0.3, -0.25) is 18.6 Å². The van der Waals surface area contributed by atoms with Crippen LogP contribution in [0.2, 0.25) is 5.11 Å². The van der Waals surface area contributed by atoms with Crippen molar-refractivity contribution in [1.82, 2.24) is 23.6 Å². The van der Waals surface area contributed by atoms with Crippen molar-refractivity contribution in [1.29, 1.82) is 0 Å². The molecule has 1 aromatic carbocycles. The average molecular weight is 433 g/mol. The van der Waals surface area contributed by atoms with E-state index in [1.165, 1.54) is 29.8 Å². The maximum atomic E-state index is 13.1. The summed E-state index contributed by atoms with van der Waals surface area (Å²) in [6.07, 6.45) is 4.04. The van der Waals surface area contributed by atoms with Crippen LogP contribution >= 0.6 is 0 Å². The molecule has 0 aliphatic heterocycles. The lowest BCUT2D eigenvalue weighted by Gasteiger charge is -2.33. The van der Waals surface area contributed by atoms with Crippen LogP contribution < -0.4 is 16.0 Å². The van der Waals surface area contributed by atoms with Gasteiger partial charge < -0.3 is 0 Å². The first-order valence-corrected chi connectivity index (χ1v) is 10.9. The first-order valence-electron chi connectivity index (χ1n) is 9.46. The topological polar surface area (TPSA) is 108 Å². The minimum absolute atomic E-state index is 0.00364. The third-order valence-electron chi connectivity index (χ3n) is 5.64. The van der Waals surface area contributed by atoms with Crippen molar-refractivity contribution >= 4 is 44.5 Å². The summed E-state index contributed by atoms with van der Waals surface area (Å²) in [4.78, 5) is 25.7. The lowest BCUT2D eigenvalue weighted by molar-refractivity contribution is 0.542. The standard InChI is InChI=1S/C18H18B3N5O4S/c1-24-9-11(8-22-24)10-26-15(27)13-7-12(3-4-14(13)25(2)16(26)28)31(29,30)23-17(5-6-17)18(19,20)21/h3-4,7-9,23H,5-6,10H2,1-2H3. The highest BCUT2D eigenvalue weighted by Gasteiger charge is 2.52. The lowest BCUT2D eigenvalue weighted by Crippen LogP contribution is -2.47. The number of aryl methyl sites for hydroxylation is 2. The second-order valence-electron chi connectivity index (χ2n) is 8.05. The summed E-state index contributed by atoms with van der Waals surface area (Å²) in [5.74, 6) is 0. The van der Waals surface area contributed by atoms with Crippen molar-refractivity contribution in [2.75, 3.05) is 0 Å². The van der Waals surface area contributed by atoms with Gasteiger partial charge in [-0.05, 0) is 31.0 Å². The fourth-order valence-electron chi connectivity index (χ4n) is 3.60. The molecule has 0 amide bonds. The van der Waals surface area contributed by atoms with E-state index in [9.17, 15) is 18.0 Å². The van der Waals surface area contributed by atoms with Crippen LogP contribution in [0.1, 0.15) is 18.4 Å². The predicted molar refractivity (Wildman–Crippen MR) is 118 cm³/mol. The van der Waals surface area contributed by atoms with E-state index >= 15 is 0 Å². The number of hydrogen-bond acceptors (Lipinski definition) is 5. The molecule has 4 rings (SSSR count). The van der Waals surface area contributed by atoms with Crippen molar-refractivity contribution in [3.8, 4) is 0 Å². The van der Waals surface area contributed by atoms with Crippen LogP contribution in [0.15, 0.2) is 45.1 Å². The summed E-state index contributed by atoms with van der Waals surface area (Å²) in [5.41, 5.74) is -1.31. The normalized spacial score (nSPS) is 15.9. The molecule has 0 atom stereocenters. The number of sulfonamides is 1. The summed E-state index contributed by atoms with van der Waals surface area (Å²) >= 11 is 0. The molecule has 6 radical (unpaired) electrons. The molecule has 31 heavy (non-hydrogen) atoms. The number of nitrogens with one attached hydrogen (secondary N) is 1. The Morgan fingerprint density at radius 2 is 1.87 bits per heavy atom. The van der Waals surface area contributed by atoms with Gasteiger partial charge in [-0.15, -0.1) is 5.11 Å². The Balaban J connectivity index is 1.82. The molecular weight excluding hydrogens is 415 g/mol. The van der Waals surface area contributed by atoms with Gasteiger partial charge in [0.25, 0.3) is 5.56 Å². The van der Waals surface area contributed by atoms with Crippen LogP contribution in [0.4, 0.5) is 0 Å². The highest BCUT2D eigenvalue weighted by Crippen LogP contribution is 2.50. The van der Waals surface area contributed by atoms with Crippen LogP contribution in [-0.4, -0.2) is 56.4 Å². The van der Waals surface area contributed by atoms with Gasteiger partial charge in [0.2, 0.25) is 10.0 Å². The molecule has 1 saturated carbocycles. The van der Waals surface area contributed by atoms with Crippen LogP contribution in [0.5, 0.6) is 0 Å². The number of fused-ring (bicyclic) bond motifs is 1. The zero-order chi connectivity index (χ0) is 22.8. The Labute approximate surface area is 182 Å². The first-order chi connectivity index (χ1) is 14.3. The Bertz CT molecular complexity index is 1410. The Morgan fingerprint density at radius 1 is 1.19 bits per heavy atom. The predicted octanol–water partition coefficient (Wildman–Crippen LogP) is -1.13.